The molecule has 1 rings (SSSR count). The Morgan fingerprint density at radius 1 is 1.25 bits per heavy atom. The second kappa shape index (κ2) is 4.78. The van der Waals surface area contributed by atoms with Gasteiger partial charge < -0.3 is 5.32 Å². The predicted molar refractivity (Wildman–Crippen MR) is 66.0 cm³/mol. The van der Waals surface area contributed by atoms with Crippen molar-refractivity contribution >= 4 is 16.7 Å². The van der Waals surface area contributed by atoms with Crippen molar-refractivity contribution in [3.63, 3.8) is 0 Å². The molecule has 4 heteroatoms. The minimum Gasteiger partial charge on any atom is -0.347 e. The first kappa shape index (κ1) is 12.9. The second-order valence-electron chi connectivity index (χ2n) is 4.65. The maximum absolute atomic E-state index is 11.9. The maximum atomic E-state index is 11.9. The molecule has 3 nitrogen and oxygen atoms in total. The Hall–Kier alpha value is -1.16. The topological polar surface area (TPSA) is 46.2 Å². The first-order chi connectivity index (χ1) is 7.31. The van der Waals surface area contributed by atoms with Crippen LogP contribution in [0, 0.1) is 0 Å². The predicted octanol–water partition coefficient (Wildman–Crippen LogP) is 1.95. The molecule has 1 N–H and O–H groups in total. The third kappa shape index (κ3) is 3.45. The van der Waals surface area contributed by atoms with Crippen LogP contribution in [0.25, 0.3) is 0 Å². The molecule has 88 valence electrons. The smallest absolute Gasteiger partial charge is 0.252 e. The Morgan fingerprint density at radius 3 is 2.31 bits per heavy atom. The maximum Gasteiger partial charge on any atom is 0.252 e. The fourth-order valence-electron chi connectivity index (χ4n) is 1.31. The van der Waals surface area contributed by atoms with Gasteiger partial charge in [0, 0.05) is 11.8 Å². The molecular formula is C12H17NO2S. The molecule has 0 aromatic heterocycles. The molecule has 0 aliphatic rings. The van der Waals surface area contributed by atoms with Crippen molar-refractivity contribution in [2.24, 2.45) is 0 Å². The average molecular weight is 239 g/mol. The molecule has 1 amide bonds. The molecule has 0 spiro atoms. The molecule has 16 heavy (non-hydrogen) atoms. The van der Waals surface area contributed by atoms with Crippen LogP contribution in [-0.2, 0) is 10.8 Å². The Kier molecular flexibility index (Phi) is 3.86. The summed E-state index contributed by atoms with van der Waals surface area (Å²) < 4.78 is 11.5. The van der Waals surface area contributed by atoms with E-state index >= 15 is 0 Å². The number of benzene rings is 1. The van der Waals surface area contributed by atoms with Crippen LogP contribution in [0.4, 0.5) is 0 Å². The molecule has 1 unspecified atom stereocenters. The number of carbonyl (C=O) groups excluding carboxylic acids is 1. The molecule has 0 aliphatic heterocycles. The molecular weight excluding hydrogens is 222 g/mol. The summed E-state index contributed by atoms with van der Waals surface area (Å²) in [6.45, 7) is 5.74. The number of carbonyl (C=O) groups is 1. The summed E-state index contributed by atoms with van der Waals surface area (Å²) >= 11 is 0. The van der Waals surface area contributed by atoms with Gasteiger partial charge >= 0.3 is 0 Å². The van der Waals surface area contributed by atoms with Gasteiger partial charge in [0.25, 0.3) is 5.91 Å². The lowest BCUT2D eigenvalue weighted by Crippen LogP contribution is -2.40. The van der Waals surface area contributed by atoms with E-state index in [1.807, 2.05) is 20.8 Å². The Balaban J connectivity index is 3.04. The molecule has 0 radical (unpaired) electrons. The van der Waals surface area contributed by atoms with Crippen LogP contribution in [-0.4, -0.2) is 21.9 Å². The highest BCUT2D eigenvalue weighted by molar-refractivity contribution is 7.84. The van der Waals surface area contributed by atoms with Gasteiger partial charge in [-0.3, -0.25) is 9.00 Å². The van der Waals surface area contributed by atoms with Gasteiger partial charge in [0.1, 0.15) is 0 Å². The minimum absolute atomic E-state index is 0.182. The Morgan fingerprint density at radius 2 is 1.81 bits per heavy atom. The third-order valence-corrected chi connectivity index (χ3v) is 2.91. The Labute approximate surface area is 98.7 Å². The zero-order valence-corrected chi connectivity index (χ0v) is 10.9. The molecule has 0 aliphatic carbocycles. The van der Waals surface area contributed by atoms with Crippen LogP contribution in [0.3, 0.4) is 0 Å². The molecule has 0 heterocycles. The number of rotatable bonds is 2. The lowest BCUT2D eigenvalue weighted by atomic mass is 10.1. The number of hydrogen-bond acceptors (Lipinski definition) is 2. The van der Waals surface area contributed by atoms with E-state index in [0.717, 1.165) is 0 Å². The molecule has 1 aromatic rings. The highest BCUT2D eigenvalue weighted by Crippen LogP contribution is 2.13. The van der Waals surface area contributed by atoms with E-state index in [2.05, 4.69) is 5.32 Å². The molecule has 1 aromatic carbocycles. The monoisotopic (exact) mass is 239 g/mol. The van der Waals surface area contributed by atoms with Crippen LogP contribution >= 0.6 is 0 Å². The summed E-state index contributed by atoms with van der Waals surface area (Å²) in [5, 5.41) is 2.86. The van der Waals surface area contributed by atoms with Gasteiger partial charge in [-0.15, -0.1) is 0 Å². The summed E-state index contributed by atoms with van der Waals surface area (Å²) in [6, 6.07) is 6.96. The van der Waals surface area contributed by atoms with E-state index in [4.69, 9.17) is 0 Å². The zero-order chi connectivity index (χ0) is 12.3. The van der Waals surface area contributed by atoms with Crippen LogP contribution in [0.5, 0.6) is 0 Å². The first-order valence-electron chi connectivity index (χ1n) is 5.06. The number of amides is 1. The quantitative estimate of drug-likeness (QED) is 0.857. The van der Waals surface area contributed by atoms with Crippen LogP contribution in [0.2, 0.25) is 0 Å². The number of hydrogen-bond donors (Lipinski definition) is 1. The van der Waals surface area contributed by atoms with E-state index in [9.17, 15) is 9.00 Å². The fourth-order valence-corrected chi connectivity index (χ4v) is 2.05. The summed E-state index contributed by atoms with van der Waals surface area (Å²) in [7, 11) is -1.15. The summed E-state index contributed by atoms with van der Waals surface area (Å²) in [4.78, 5) is 12.5. The lowest BCUT2D eigenvalue weighted by molar-refractivity contribution is 0.0916. The van der Waals surface area contributed by atoms with E-state index in [-0.39, 0.29) is 11.4 Å². The lowest BCUT2D eigenvalue weighted by Gasteiger charge is -2.21. The molecule has 0 saturated heterocycles. The van der Waals surface area contributed by atoms with Gasteiger partial charge in [-0.2, -0.15) is 0 Å². The van der Waals surface area contributed by atoms with Gasteiger partial charge in [-0.05, 0) is 32.9 Å². The van der Waals surface area contributed by atoms with E-state index in [1.54, 1.807) is 30.5 Å². The van der Waals surface area contributed by atoms with Gasteiger partial charge in [0.2, 0.25) is 0 Å². The van der Waals surface area contributed by atoms with E-state index in [1.165, 1.54) is 0 Å². The van der Waals surface area contributed by atoms with Crippen molar-refractivity contribution in [1.29, 1.82) is 0 Å². The van der Waals surface area contributed by atoms with E-state index in [0.29, 0.717) is 10.5 Å². The molecule has 1 atom stereocenters. The first-order valence-corrected chi connectivity index (χ1v) is 6.62. The molecule has 0 bridgehead atoms. The number of nitrogens with one attached hydrogen (secondary N) is 1. The standard InChI is InChI=1S/C12H17NO2S/c1-12(2,3)13-11(14)9-7-5-6-8-10(9)16(4)15/h5-8H,1-4H3,(H,13,14). The largest absolute Gasteiger partial charge is 0.347 e. The minimum atomic E-state index is -1.15. The van der Waals surface area contributed by atoms with Crippen molar-refractivity contribution in [3.8, 4) is 0 Å². The van der Waals surface area contributed by atoms with Gasteiger partial charge in [0.15, 0.2) is 0 Å². The van der Waals surface area contributed by atoms with Crippen molar-refractivity contribution in [2.45, 2.75) is 31.2 Å². The van der Waals surface area contributed by atoms with Gasteiger partial charge in [-0.25, -0.2) is 0 Å². The summed E-state index contributed by atoms with van der Waals surface area (Å²) in [6.07, 6.45) is 1.57. The van der Waals surface area contributed by atoms with Crippen molar-refractivity contribution in [3.05, 3.63) is 29.8 Å². The summed E-state index contributed by atoms with van der Waals surface area (Å²) in [5.41, 5.74) is 0.192. The second-order valence-corrected chi connectivity index (χ2v) is 6.00. The normalized spacial score (nSPS) is 13.2. The highest BCUT2D eigenvalue weighted by atomic mass is 32.2. The SMILES string of the molecule is CS(=O)c1ccccc1C(=O)NC(C)(C)C. The summed E-state index contributed by atoms with van der Waals surface area (Å²) in [5.74, 6) is -0.182. The van der Waals surface area contributed by atoms with E-state index < -0.39 is 10.8 Å². The fraction of sp³-hybridized carbons (Fsp3) is 0.417. The molecule has 0 fully saturated rings. The zero-order valence-electron chi connectivity index (χ0n) is 10.0. The molecule has 0 saturated carbocycles. The van der Waals surface area contributed by atoms with Crippen LogP contribution in [0.1, 0.15) is 31.1 Å². The van der Waals surface area contributed by atoms with Crippen molar-refractivity contribution < 1.29 is 9.00 Å². The van der Waals surface area contributed by atoms with Crippen molar-refractivity contribution in [1.82, 2.24) is 5.32 Å². The Bertz CT molecular complexity index is 421. The van der Waals surface area contributed by atoms with Crippen molar-refractivity contribution in [2.75, 3.05) is 6.26 Å². The van der Waals surface area contributed by atoms with Gasteiger partial charge in [-0.1, -0.05) is 12.1 Å². The van der Waals surface area contributed by atoms with Crippen LogP contribution < -0.4 is 5.32 Å². The van der Waals surface area contributed by atoms with Crippen LogP contribution in [0.15, 0.2) is 29.2 Å². The third-order valence-electron chi connectivity index (χ3n) is 1.93. The van der Waals surface area contributed by atoms with Gasteiger partial charge in [0.05, 0.1) is 21.3 Å². The highest BCUT2D eigenvalue weighted by Gasteiger charge is 2.18. The average Bonchev–Trinajstić information content (AvgIpc) is 2.15.